The summed E-state index contributed by atoms with van der Waals surface area (Å²) in [5.74, 6) is 0.836. The van der Waals surface area contributed by atoms with Gasteiger partial charge in [0.1, 0.15) is 10.6 Å². The predicted molar refractivity (Wildman–Crippen MR) is 131 cm³/mol. The Morgan fingerprint density at radius 3 is 2.76 bits per heavy atom. The molecule has 4 rings (SSSR count). The molecule has 2 N–H and O–H groups in total. The Hall–Kier alpha value is -2.06. The molecule has 9 heteroatoms. The number of aromatic nitrogens is 2. The van der Waals surface area contributed by atoms with Gasteiger partial charge in [-0.2, -0.15) is 5.10 Å². The maximum Gasteiger partial charge on any atom is 0.181 e. The number of halogens is 2. The Morgan fingerprint density at radius 1 is 1.21 bits per heavy atom. The van der Waals surface area contributed by atoms with E-state index in [1.165, 1.54) is 28.2 Å². The van der Waals surface area contributed by atoms with Crippen molar-refractivity contribution >= 4 is 33.0 Å². The molecule has 0 radical (unpaired) electrons. The molecule has 0 spiro atoms. The number of ether oxygens (including phenoxy) is 1. The molecule has 33 heavy (non-hydrogen) atoms. The lowest BCUT2D eigenvalue weighted by molar-refractivity contribution is 0.316. The molecule has 1 aliphatic rings. The minimum Gasteiger partial charge on any atom is -0.494 e. The number of sulfone groups is 1. The second-order valence-electron chi connectivity index (χ2n) is 8.48. The lowest BCUT2D eigenvalue weighted by Gasteiger charge is -2.32. The number of nitrogens with zero attached hydrogens (tertiary/aromatic N) is 2. The standard InChI is InChI=1S/C24H27Cl2N3O3S/c1-29-15-20(14-28-29)33(30,31)10-2-9-32-19-7-4-16-5-8-24(27)22(21(16)13-19)11-17-3-6-18(25)12-23(17)26/h3-4,6-7,12-15,22,24H,2,5,8-11,27H2,1H3. The Bertz CT molecular complexity index is 1240. The van der Waals surface area contributed by atoms with Crippen LogP contribution < -0.4 is 10.5 Å². The molecule has 0 bridgehead atoms. The van der Waals surface area contributed by atoms with Gasteiger partial charge in [0, 0.05) is 35.2 Å². The molecule has 2 aromatic carbocycles. The second kappa shape index (κ2) is 10.1. The van der Waals surface area contributed by atoms with E-state index in [-0.39, 0.29) is 22.6 Å². The summed E-state index contributed by atoms with van der Waals surface area (Å²) in [4.78, 5) is 0.233. The summed E-state index contributed by atoms with van der Waals surface area (Å²) in [7, 11) is -1.68. The van der Waals surface area contributed by atoms with Gasteiger partial charge in [-0.05, 0) is 66.6 Å². The molecule has 0 saturated carbocycles. The zero-order chi connectivity index (χ0) is 23.6. The maximum absolute atomic E-state index is 12.4. The average molecular weight is 508 g/mol. The van der Waals surface area contributed by atoms with Crippen LogP contribution in [0.1, 0.15) is 35.4 Å². The third-order valence-electron chi connectivity index (χ3n) is 6.10. The molecule has 176 valence electrons. The van der Waals surface area contributed by atoms with Crippen molar-refractivity contribution in [1.82, 2.24) is 9.78 Å². The first-order chi connectivity index (χ1) is 15.7. The Balaban J connectivity index is 1.43. The molecule has 0 amide bonds. The van der Waals surface area contributed by atoms with Crippen LogP contribution in [0.2, 0.25) is 10.0 Å². The van der Waals surface area contributed by atoms with Crippen LogP contribution in [0.5, 0.6) is 5.75 Å². The number of nitrogens with two attached hydrogens (primary N) is 1. The highest BCUT2D eigenvalue weighted by Crippen LogP contribution is 2.37. The summed E-state index contributed by atoms with van der Waals surface area (Å²) < 4.78 is 32.2. The SMILES string of the molecule is Cn1cc(S(=O)(=O)CCCOc2ccc3c(c2)C(Cc2ccc(Cl)cc2Cl)C(N)CC3)cn1. The number of benzene rings is 2. The fraction of sp³-hybridized carbons (Fsp3) is 0.375. The molecule has 1 aromatic heterocycles. The van der Waals surface area contributed by atoms with Crippen LogP contribution in [0.3, 0.4) is 0 Å². The molecular weight excluding hydrogens is 481 g/mol. The molecule has 2 atom stereocenters. The third kappa shape index (κ3) is 5.72. The van der Waals surface area contributed by atoms with Gasteiger partial charge in [0.15, 0.2) is 9.84 Å². The van der Waals surface area contributed by atoms with Crippen molar-refractivity contribution in [1.29, 1.82) is 0 Å². The van der Waals surface area contributed by atoms with Crippen molar-refractivity contribution < 1.29 is 13.2 Å². The normalized spacial score (nSPS) is 18.2. The van der Waals surface area contributed by atoms with Crippen LogP contribution in [0.4, 0.5) is 0 Å². The van der Waals surface area contributed by atoms with E-state index in [1.54, 1.807) is 13.1 Å². The predicted octanol–water partition coefficient (Wildman–Crippen LogP) is 4.57. The first kappa shape index (κ1) is 24.1. The molecule has 1 aliphatic carbocycles. The number of aryl methyl sites for hydroxylation is 2. The summed E-state index contributed by atoms with van der Waals surface area (Å²) in [5.41, 5.74) is 9.96. The molecule has 3 aromatic rings. The van der Waals surface area contributed by atoms with Gasteiger partial charge in [-0.1, -0.05) is 35.3 Å². The van der Waals surface area contributed by atoms with Gasteiger partial charge >= 0.3 is 0 Å². The highest BCUT2D eigenvalue weighted by molar-refractivity contribution is 7.91. The van der Waals surface area contributed by atoms with Crippen LogP contribution in [0.15, 0.2) is 53.7 Å². The van der Waals surface area contributed by atoms with E-state index in [1.807, 2.05) is 24.3 Å². The highest BCUT2D eigenvalue weighted by atomic mass is 35.5. The van der Waals surface area contributed by atoms with Gasteiger partial charge in [-0.3, -0.25) is 4.68 Å². The van der Waals surface area contributed by atoms with E-state index in [2.05, 4.69) is 11.2 Å². The third-order valence-corrected chi connectivity index (χ3v) is 8.44. The first-order valence-electron chi connectivity index (χ1n) is 10.9. The summed E-state index contributed by atoms with van der Waals surface area (Å²) in [6.45, 7) is 0.304. The summed E-state index contributed by atoms with van der Waals surface area (Å²) >= 11 is 12.5. The second-order valence-corrected chi connectivity index (χ2v) is 11.4. The quantitative estimate of drug-likeness (QED) is 0.451. The molecule has 0 fully saturated rings. The van der Waals surface area contributed by atoms with Crippen LogP contribution in [-0.2, 0) is 29.7 Å². The average Bonchev–Trinajstić information content (AvgIpc) is 3.22. The molecule has 1 heterocycles. The molecule has 2 unspecified atom stereocenters. The van der Waals surface area contributed by atoms with Crippen LogP contribution in [-0.4, -0.2) is 36.6 Å². The van der Waals surface area contributed by atoms with E-state index in [0.717, 1.165) is 24.8 Å². The first-order valence-corrected chi connectivity index (χ1v) is 13.3. The van der Waals surface area contributed by atoms with Crippen molar-refractivity contribution in [2.24, 2.45) is 12.8 Å². The van der Waals surface area contributed by atoms with Gasteiger partial charge in [-0.15, -0.1) is 0 Å². The zero-order valence-corrected chi connectivity index (χ0v) is 20.7. The molecule has 0 aliphatic heterocycles. The number of rotatable bonds is 8. The number of hydrogen-bond acceptors (Lipinski definition) is 5. The van der Waals surface area contributed by atoms with Gasteiger partial charge in [-0.25, -0.2) is 8.42 Å². The smallest absolute Gasteiger partial charge is 0.181 e. The maximum atomic E-state index is 12.4. The Kier molecular flexibility index (Phi) is 7.34. The van der Waals surface area contributed by atoms with Crippen molar-refractivity contribution in [3.05, 3.63) is 75.5 Å². The summed E-state index contributed by atoms with van der Waals surface area (Å²) in [5, 5.41) is 5.19. The lowest BCUT2D eigenvalue weighted by Crippen LogP contribution is -2.34. The van der Waals surface area contributed by atoms with Crippen molar-refractivity contribution in [2.45, 2.75) is 42.5 Å². The fourth-order valence-electron chi connectivity index (χ4n) is 4.29. The van der Waals surface area contributed by atoms with E-state index in [0.29, 0.717) is 28.8 Å². The Labute approximate surface area is 204 Å². The van der Waals surface area contributed by atoms with E-state index in [4.69, 9.17) is 33.7 Å². The van der Waals surface area contributed by atoms with Gasteiger partial charge < -0.3 is 10.5 Å². The largest absolute Gasteiger partial charge is 0.494 e. The van der Waals surface area contributed by atoms with Crippen molar-refractivity contribution in [3.8, 4) is 5.75 Å². The minimum atomic E-state index is -3.37. The van der Waals surface area contributed by atoms with E-state index >= 15 is 0 Å². The Morgan fingerprint density at radius 2 is 2.03 bits per heavy atom. The monoisotopic (exact) mass is 507 g/mol. The zero-order valence-electron chi connectivity index (χ0n) is 18.4. The summed E-state index contributed by atoms with van der Waals surface area (Å²) in [6.07, 6.45) is 5.82. The molecular formula is C24H27Cl2N3O3S. The van der Waals surface area contributed by atoms with Gasteiger partial charge in [0.25, 0.3) is 0 Å². The van der Waals surface area contributed by atoms with Crippen molar-refractivity contribution in [2.75, 3.05) is 12.4 Å². The minimum absolute atomic E-state index is 0.00615. The summed E-state index contributed by atoms with van der Waals surface area (Å²) in [6, 6.07) is 11.6. The van der Waals surface area contributed by atoms with Crippen molar-refractivity contribution in [3.63, 3.8) is 0 Å². The van der Waals surface area contributed by atoms with Crippen LogP contribution >= 0.6 is 23.2 Å². The van der Waals surface area contributed by atoms with E-state index in [9.17, 15) is 8.42 Å². The van der Waals surface area contributed by atoms with Crippen LogP contribution in [0, 0.1) is 0 Å². The topological polar surface area (TPSA) is 87.2 Å². The van der Waals surface area contributed by atoms with Gasteiger partial charge in [0.05, 0.1) is 18.6 Å². The van der Waals surface area contributed by atoms with E-state index < -0.39 is 9.84 Å². The van der Waals surface area contributed by atoms with Gasteiger partial charge in [0.2, 0.25) is 0 Å². The lowest BCUT2D eigenvalue weighted by atomic mass is 9.76. The highest BCUT2D eigenvalue weighted by Gasteiger charge is 2.28. The number of hydrogen-bond donors (Lipinski definition) is 1. The van der Waals surface area contributed by atoms with Crippen LogP contribution in [0.25, 0.3) is 0 Å². The fourth-order valence-corrected chi connectivity index (χ4v) is 6.03. The molecule has 0 saturated heterocycles. The molecule has 6 nitrogen and oxygen atoms in total. The number of fused-ring (bicyclic) bond motifs is 1.